The molecule has 2 aliphatic heterocycles. The molecule has 2 nitrogen and oxygen atoms in total. The summed E-state index contributed by atoms with van der Waals surface area (Å²) in [5.74, 6) is 0.627. The second-order valence-electron chi connectivity index (χ2n) is 3.27. The third-order valence-electron chi connectivity index (χ3n) is 2.53. The number of hydrogen-bond donors (Lipinski definition) is 0. The lowest BCUT2D eigenvalue weighted by molar-refractivity contribution is 0.318. The van der Waals surface area contributed by atoms with Gasteiger partial charge in [-0.25, -0.2) is 0 Å². The first kappa shape index (κ1) is 6.88. The van der Waals surface area contributed by atoms with E-state index in [0.717, 1.165) is 13.2 Å². The van der Waals surface area contributed by atoms with Crippen molar-refractivity contribution in [2.45, 2.75) is 5.92 Å². The maximum absolute atomic E-state index is 5.49. The zero-order valence-electron chi connectivity index (χ0n) is 6.66. The standard InChI is InChI=1S/C9H10NOP/c1-2-4-9-8(3-1)7-5-10(9)12-11-6-7/h1-4,7,12H,5-6H2. The van der Waals surface area contributed by atoms with E-state index in [1.165, 1.54) is 11.3 Å². The molecule has 1 fully saturated rings. The van der Waals surface area contributed by atoms with Gasteiger partial charge in [-0.2, -0.15) is 0 Å². The molecule has 2 bridgehead atoms. The number of rotatable bonds is 0. The Morgan fingerprint density at radius 1 is 1.42 bits per heavy atom. The predicted octanol–water partition coefficient (Wildman–Crippen LogP) is 2.13. The summed E-state index contributed by atoms with van der Waals surface area (Å²) in [6, 6.07) is 8.63. The van der Waals surface area contributed by atoms with E-state index in [9.17, 15) is 0 Å². The van der Waals surface area contributed by atoms with E-state index >= 15 is 0 Å². The molecule has 62 valence electrons. The van der Waals surface area contributed by atoms with E-state index in [0.29, 0.717) is 14.9 Å². The molecule has 3 rings (SSSR count). The number of hydrogen-bond acceptors (Lipinski definition) is 2. The van der Waals surface area contributed by atoms with Crippen molar-refractivity contribution < 1.29 is 4.52 Å². The highest BCUT2D eigenvalue weighted by Gasteiger charge is 2.32. The zero-order valence-corrected chi connectivity index (χ0v) is 7.66. The van der Waals surface area contributed by atoms with Crippen LogP contribution in [0, 0.1) is 0 Å². The molecule has 0 N–H and O–H groups in total. The molecule has 1 aromatic carbocycles. The van der Waals surface area contributed by atoms with Gasteiger partial charge in [-0.05, 0) is 11.6 Å². The lowest BCUT2D eigenvalue weighted by Gasteiger charge is -2.23. The van der Waals surface area contributed by atoms with Crippen LogP contribution in [-0.2, 0) is 4.52 Å². The van der Waals surface area contributed by atoms with Crippen molar-refractivity contribution in [3.05, 3.63) is 29.8 Å². The van der Waals surface area contributed by atoms with Crippen LogP contribution in [0.25, 0.3) is 0 Å². The summed E-state index contributed by atoms with van der Waals surface area (Å²) in [6.07, 6.45) is 0. The number of benzene rings is 1. The zero-order chi connectivity index (χ0) is 7.97. The molecular weight excluding hydrogens is 169 g/mol. The molecule has 2 unspecified atom stereocenters. The van der Waals surface area contributed by atoms with Crippen LogP contribution < -0.4 is 4.67 Å². The van der Waals surface area contributed by atoms with Gasteiger partial charge < -0.3 is 9.19 Å². The van der Waals surface area contributed by atoms with Crippen LogP contribution in [0.3, 0.4) is 0 Å². The molecule has 0 spiro atoms. The molecule has 0 aliphatic carbocycles. The summed E-state index contributed by atoms with van der Waals surface area (Å²) in [5, 5.41) is 0. The van der Waals surface area contributed by atoms with Crippen molar-refractivity contribution in [2.24, 2.45) is 0 Å². The Kier molecular flexibility index (Phi) is 1.40. The van der Waals surface area contributed by atoms with Crippen LogP contribution in [0.2, 0.25) is 0 Å². The average molecular weight is 179 g/mol. The second kappa shape index (κ2) is 2.45. The fourth-order valence-corrected chi connectivity index (χ4v) is 2.97. The van der Waals surface area contributed by atoms with Crippen molar-refractivity contribution in [1.29, 1.82) is 0 Å². The normalized spacial score (nSPS) is 27.7. The maximum Gasteiger partial charge on any atom is 0.117 e. The van der Waals surface area contributed by atoms with E-state index < -0.39 is 0 Å². The fourth-order valence-electron chi connectivity index (χ4n) is 1.94. The number of fused-ring (bicyclic) bond motifs is 5. The maximum atomic E-state index is 5.49. The van der Waals surface area contributed by atoms with Crippen LogP contribution in [-0.4, -0.2) is 13.2 Å². The van der Waals surface area contributed by atoms with Gasteiger partial charge in [0.1, 0.15) is 8.96 Å². The van der Waals surface area contributed by atoms with Gasteiger partial charge in [-0.15, -0.1) is 0 Å². The molecule has 2 atom stereocenters. The van der Waals surface area contributed by atoms with E-state index in [1.54, 1.807) is 0 Å². The molecular formula is C9H10NOP. The van der Waals surface area contributed by atoms with Crippen LogP contribution in [0.5, 0.6) is 0 Å². The smallest absolute Gasteiger partial charge is 0.117 e. The SMILES string of the molecule is c1ccc2c(c1)C1COPN2C1. The molecule has 2 aliphatic rings. The Labute approximate surface area is 73.4 Å². The topological polar surface area (TPSA) is 12.5 Å². The first-order valence-corrected chi connectivity index (χ1v) is 5.04. The van der Waals surface area contributed by atoms with E-state index in [1.807, 2.05) is 0 Å². The van der Waals surface area contributed by atoms with Gasteiger partial charge in [0.15, 0.2) is 0 Å². The Bertz CT molecular complexity index is 286. The lowest BCUT2D eigenvalue weighted by atomic mass is 10.0. The van der Waals surface area contributed by atoms with Gasteiger partial charge >= 0.3 is 0 Å². The third kappa shape index (κ3) is 0.825. The van der Waals surface area contributed by atoms with Crippen molar-refractivity contribution in [3.8, 4) is 0 Å². The van der Waals surface area contributed by atoms with Gasteiger partial charge in [0.2, 0.25) is 0 Å². The summed E-state index contributed by atoms with van der Waals surface area (Å²) < 4.78 is 7.83. The van der Waals surface area contributed by atoms with Crippen molar-refractivity contribution in [1.82, 2.24) is 0 Å². The number of anilines is 1. The van der Waals surface area contributed by atoms with Crippen LogP contribution in [0.15, 0.2) is 24.3 Å². The van der Waals surface area contributed by atoms with Crippen LogP contribution in [0.4, 0.5) is 5.69 Å². The summed E-state index contributed by atoms with van der Waals surface area (Å²) in [4.78, 5) is 0. The van der Waals surface area contributed by atoms with Gasteiger partial charge in [0, 0.05) is 18.2 Å². The second-order valence-corrected chi connectivity index (χ2v) is 4.28. The molecule has 0 amide bonds. The minimum atomic E-state index is 0.535. The largest absolute Gasteiger partial charge is 0.340 e. The minimum absolute atomic E-state index is 0.535. The van der Waals surface area contributed by atoms with Crippen LogP contribution >= 0.6 is 8.96 Å². The lowest BCUT2D eigenvalue weighted by Crippen LogP contribution is -2.19. The van der Waals surface area contributed by atoms with Crippen molar-refractivity contribution in [3.63, 3.8) is 0 Å². The van der Waals surface area contributed by atoms with Crippen molar-refractivity contribution >= 4 is 14.6 Å². The highest BCUT2D eigenvalue weighted by molar-refractivity contribution is 7.34. The Morgan fingerprint density at radius 3 is 3.33 bits per heavy atom. The average Bonchev–Trinajstić information content (AvgIpc) is 2.41. The molecule has 2 heterocycles. The summed E-state index contributed by atoms with van der Waals surface area (Å²) in [7, 11) is 0.535. The fraction of sp³-hybridized carbons (Fsp3) is 0.333. The van der Waals surface area contributed by atoms with Gasteiger partial charge in [-0.1, -0.05) is 18.2 Å². The minimum Gasteiger partial charge on any atom is -0.340 e. The van der Waals surface area contributed by atoms with Gasteiger partial charge in [-0.3, -0.25) is 0 Å². The molecule has 12 heavy (non-hydrogen) atoms. The van der Waals surface area contributed by atoms with Gasteiger partial charge in [0.05, 0.1) is 6.61 Å². The van der Waals surface area contributed by atoms with E-state index in [4.69, 9.17) is 4.52 Å². The Morgan fingerprint density at radius 2 is 2.33 bits per heavy atom. The Balaban J connectivity index is 2.16. The molecule has 3 heteroatoms. The predicted molar refractivity (Wildman–Crippen MR) is 50.8 cm³/mol. The highest BCUT2D eigenvalue weighted by atomic mass is 31.1. The third-order valence-corrected chi connectivity index (χ3v) is 3.47. The van der Waals surface area contributed by atoms with Crippen molar-refractivity contribution in [2.75, 3.05) is 17.8 Å². The van der Waals surface area contributed by atoms with E-state index in [2.05, 4.69) is 28.9 Å². The van der Waals surface area contributed by atoms with Gasteiger partial charge in [0.25, 0.3) is 0 Å². The van der Waals surface area contributed by atoms with E-state index in [-0.39, 0.29) is 0 Å². The number of para-hydroxylation sites is 1. The molecule has 0 radical (unpaired) electrons. The molecule has 0 saturated carbocycles. The molecule has 1 aromatic rings. The summed E-state index contributed by atoms with van der Waals surface area (Å²) >= 11 is 0. The summed E-state index contributed by atoms with van der Waals surface area (Å²) in [5.41, 5.74) is 2.86. The molecule has 0 aromatic heterocycles. The van der Waals surface area contributed by atoms with Crippen LogP contribution in [0.1, 0.15) is 11.5 Å². The highest BCUT2D eigenvalue weighted by Crippen LogP contribution is 2.46. The quantitative estimate of drug-likeness (QED) is 0.565. The summed E-state index contributed by atoms with van der Waals surface area (Å²) in [6.45, 7) is 2.07. The molecule has 1 saturated heterocycles. The first-order valence-electron chi connectivity index (χ1n) is 4.19. The number of nitrogens with zero attached hydrogens (tertiary/aromatic N) is 1. The Hall–Kier alpha value is -0.590. The monoisotopic (exact) mass is 179 g/mol. The first-order chi connectivity index (χ1) is 5.95.